The smallest absolute Gasteiger partial charge is 0.343 e. The van der Waals surface area contributed by atoms with E-state index in [1.807, 2.05) is 25.1 Å². The van der Waals surface area contributed by atoms with Gasteiger partial charge in [0.05, 0.1) is 31.6 Å². The number of rotatable bonds is 7. The molecule has 162 valence electrons. The highest BCUT2D eigenvalue weighted by molar-refractivity contribution is 5.95. The Bertz CT molecular complexity index is 1160. The van der Waals surface area contributed by atoms with Gasteiger partial charge >= 0.3 is 5.97 Å². The highest BCUT2D eigenvalue weighted by atomic mass is 16.6. The number of amides is 1. The van der Waals surface area contributed by atoms with Gasteiger partial charge in [0.15, 0.2) is 11.5 Å². The predicted octanol–water partition coefficient (Wildman–Crippen LogP) is 4.10. The molecule has 0 aromatic heterocycles. The van der Waals surface area contributed by atoms with Gasteiger partial charge in [-0.15, -0.1) is 0 Å². The summed E-state index contributed by atoms with van der Waals surface area (Å²) in [5.41, 5.74) is 6.28. The van der Waals surface area contributed by atoms with Gasteiger partial charge < -0.3 is 14.2 Å². The number of nitrogens with one attached hydrogen (secondary N) is 1. The van der Waals surface area contributed by atoms with Crippen LogP contribution in [0.2, 0.25) is 0 Å². The van der Waals surface area contributed by atoms with Gasteiger partial charge in [-0.1, -0.05) is 24.3 Å². The van der Waals surface area contributed by atoms with E-state index in [9.17, 15) is 9.59 Å². The van der Waals surface area contributed by atoms with Crippen molar-refractivity contribution in [3.05, 3.63) is 94.5 Å². The molecule has 0 radical (unpaired) electrons. The van der Waals surface area contributed by atoms with Gasteiger partial charge in [0.2, 0.25) is 0 Å². The van der Waals surface area contributed by atoms with Crippen molar-refractivity contribution >= 4 is 18.1 Å². The second kappa shape index (κ2) is 9.89. The third-order valence-corrected chi connectivity index (χ3v) is 4.84. The monoisotopic (exact) mass is 430 g/mol. The van der Waals surface area contributed by atoms with Crippen LogP contribution >= 0.6 is 0 Å². The quantitative estimate of drug-likeness (QED) is 0.264. The molecule has 0 bridgehead atoms. The standard InChI is InChI=1S/C25H22N2O5/c1-2-31-23-12-17(8-11-22(23)32-25(29)18-6-4-3-5-7-18)14-26-27-24(28)19-9-10-20-15-30-16-21(20)13-19/h3-14H,2,15-16H2,1H3,(H,27,28). The molecule has 3 aromatic rings. The Balaban J connectivity index is 1.43. The minimum absolute atomic E-state index is 0.308. The van der Waals surface area contributed by atoms with Crippen molar-refractivity contribution in [1.29, 1.82) is 0 Å². The average Bonchev–Trinajstić information content (AvgIpc) is 3.29. The van der Waals surface area contributed by atoms with E-state index in [1.165, 1.54) is 6.21 Å². The molecule has 1 N–H and O–H groups in total. The second-order valence-electron chi connectivity index (χ2n) is 7.07. The molecule has 0 unspecified atom stereocenters. The van der Waals surface area contributed by atoms with Crippen molar-refractivity contribution in [2.24, 2.45) is 5.10 Å². The number of ether oxygens (including phenoxy) is 3. The van der Waals surface area contributed by atoms with Crippen LogP contribution in [-0.4, -0.2) is 24.7 Å². The fourth-order valence-corrected chi connectivity index (χ4v) is 3.23. The summed E-state index contributed by atoms with van der Waals surface area (Å²) >= 11 is 0. The van der Waals surface area contributed by atoms with Gasteiger partial charge in [-0.3, -0.25) is 4.79 Å². The summed E-state index contributed by atoms with van der Waals surface area (Å²) in [5.74, 6) is -0.0673. The highest BCUT2D eigenvalue weighted by Gasteiger charge is 2.15. The average molecular weight is 430 g/mol. The van der Waals surface area contributed by atoms with Crippen molar-refractivity contribution in [3.63, 3.8) is 0 Å². The first-order valence-corrected chi connectivity index (χ1v) is 10.2. The first-order valence-electron chi connectivity index (χ1n) is 10.2. The molecular formula is C25H22N2O5. The SMILES string of the molecule is CCOc1cc(C=NNC(=O)c2ccc3c(c2)COC3)ccc1OC(=O)c1ccccc1. The molecule has 0 spiro atoms. The molecule has 1 heterocycles. The molecular weight excluding hydrogens is 408 g/mol. The Morgan fingerprint density at radius 3 is 2.59 bits per heavy atom. The molecule has 1 aliphatic heterocycles. The molecule has 32 heavy (non-hydrogen) atoms. The summed E-state index contributed by atoms with van der Waals surface area (Å²) in [7, 11) is 0. The van der Waals surface area contributed by atoms with E-state index < -0.39 is 5.97 Å². The first-order chi connectivity index (χ1) is 15.6. The Kier molecular flexibility index (Phi) is 6.57. The number of nitrogens with zero attached hydrogens (tertiary/aromatic N) is 1. The van der Waals surface area contributed by atoms with Gasteiger partial charge in [-0.05, 0) is 66.1 Å². The van der Waals surface area contributed by atoms with Gasteiger partial charge in [-0.25, -0.2) is 10.2 Å². The van der Waals surface area contributed by atoms with E-state index in [2.05, 4.69) is 10.5 Å². The Hall–Kier alpha value is -3.97. The molecule has 1 aliphatic rings. The summed E-state index contributed by atoms with van der Waals surface area (Å²) in [5, 5.41) is 4.03. The van der Waals surface area contributed by atoms with Crippen molar-refractivity contribution in [3.8, 4) is 11.5 Å². The van der Waals surface area contributed by atoms with E-state index in [1.54, 1.807) is 48.5 Å². The number of hydrogen-bond donors (Lipinski definition) is 1. The largest absolute Gasteiger partial charge is 0.490 e. The van der Waals surface area contributed by atoms with Crippen molar-refractivity contribution in [2.75, 3.05) is 6.61 Å². The molecule has 0 fully saturated rings. The Labute approximate surface area is 185 Å². The van der Waals surface area contributed by atoms with Gasteiger partial charge in [0.1, 0.15) is 0 Å². The zero-order valence-electron chi connectivity index (χ0n) is 17.5. The zero-order valence-corrected chi connectivity index (χ0v) is 17.5. The molecule has 0 aliphatic carbocycles. The first kappa shape index (κ1) is 21.3. The Morgan fingerprint density at radius 2 is 1.78 bits per heavy atom. The van der Waals surface area contributed by atoms with Crippen LogP contribution in [0.15, 0.2) is 71.8 Å². The summed E-state index contributed by atoms with van der Waals surface area (Å²) in [6.07, 6.45) is 1.50. The predicted molar refractivity (Wildman–Crippen MR) is 119 cm³/mol. The maximum Gasteiger partial charge on any atom is 0.343 e. The lowest BCUT2D eigenvalue weighted by molar-refractivity contribution is 0.0728. The van der Waals surface area contributed by atoms with Crippen LogP contribution in [0.1, 0.15) is 44.3 Å². The molecule has 7 heteroatoms. The molecule has 7 nitrogen and oxygen atoms in total. The minimum Gasteiger partial charge on any atom is -0.490 e. The van der Waals surface area contributed by atoms with Crippen LogP contribution in [0.3, 0.4) is 0 Å². The summed E-state index contributed by atoms with van der Waals surface area (Å²) < 4.78 is 16.5. The number of fused-ring (bicyclic) bond motifs is 1. The molecule has 0 saturated heterocycles. The van der Waals surface area contributed by atoms with E-state index in [0.29, 0.717) is 48.0 Å². The number of hydrogen-bond acceptors (Lipinski definition) is 6. The number of carbonyl (C=O) groups excluding carboxylic acids is 2. The minimum atomic E-state index is -0.472. The van der Waals surface area contributed by atoms with E-state index >= 15 is 0 Å². The third kappa shape index (κ3) is 5.01. The summed E-state index contributed by atoms with van der Waals surface area (Å²) in [6, 6.07) is 19.2. The number of carbonyl (C=O) groups is 2. The van der Waals surface area contributed by atoms with E-state index in [4.69, 9.17) is 14.2 Å². The molecule has 0 atom stereocenters. The molecule has 4 rings (SSSR count). The lowest BCUT2D eigenvalue weighted by Gasteiger charge is -2.11. The van der Waals surface area contributed by atoms with E-state index in [0.717, 1.165) is 11.1 Å². The molecule has 3 aromatic carbocycles. The number of esters is 1. The van der Waals surface area contributed by atoms with Crippen LogP contribution in [0.25, 0.3) is 0 Å². The maximum absolute atomic E-state index is 12.4. The van der Waals surface area contributed by atoms with Gasteiger partial charge in [-0.2, -0.15) is 5.10 Å². The lowest BCUT2D eigenvalue weighted by atomic mass is 10.1. The second-order valence-corrected chi connectivity index (χ2v) is 7.07. The highest BCUT2D eigenvalue weighted by Crippen LogP contribution is 2.29. The Morgan fingerprint density at radius 1 is 0.969 bits per heavy atom. The normalized spacial score (nSPS) is 12.4. The van der Waals surface area contributed by atoms with Crippen molar-refractivity contribution in [1.82, 2.24) is 5.43 Å². The van der Waals surface area contributed by atoms with Crippen LogP contribution in [0, 0.1) is 0 Å². The fourth-order valence-electron chi connectivity index (χ4n) is 3.23. The van der Waals surface area contributed by atoms with Gasteiger partial charge in [0.25, 0.3) is 5.91 Å². The zero-order chi connectivity index (χ0) is 22.3. The lowest BCUT2D eigenvalue weighted by Crippen LogP contribution is -2.17. The topological polar surface area (TPSA) is 86.2 Å². The van der Waals surface area contributed by atoms with Crippen LogP contribution in [0.4, 0.5) is 0 Å². The number of benzene rings is 3. The van der Waals surface area contributed by atoms with Crippen LogP contribution in [-0.2, 0) is 18.0 Å². The van der Waals surface area contributed by atoms with Crippen LogP contribution in [0.5, 0.6) is 11.5 Å². The van der Waals surface area contributed by atoms with Crippen molar-refractivity contribution in [2.45, 2.75) is 20.1 Å². The number of hydrazone groups is 1. The third-order valence-electron chi connectivity index (χ3n) is 4.84. The molecule has 1 amide bonds. The summed E-state index contributed by atoms with van der Waals surface area (Å²) in [4.78, 5) is 24.7. The summed E-state index contributed by atoms with van der Waals surface area (Å²) in [6.45, 7) is 3.33. The maximum atomic E-state index is 12.4. The fraction of sp³-hybridized carbons (Fsp3) is 0.160. The van der Waals surface area contributed by atoms with Crippen molar-refractivity contribution < 1.29 is 23.8 Å². The molecule has 0 saturated carbocycles. The van der Waals surface area contributed by atoms with Crippen LogP contribution < -0.4 is 14.9 Å². The van der Waals surface area contributed by atoms with Gasteiger partial charge in [0, 0.05) is 5.56 Å². The van der Waals surface area contributed by atoms with E-state index in [-0.39, 0.29) is 5.91 Å².